The topological polar surface area (TPSA) is 138 Å². The lowest BCUT2D eigenvalue weighted by atomic mass is 9.94. The van der Waals surface area contributed by atoms with E-state index < -0.39 is 59.7 Å². The van der Waals surface area contributed by atoms with E-state index in [0.717, 1.165) is 11.3 Å². The highest BCUT2D eigenvalue weighted by atomic mass is 32.3. The Morgan fingerprint density at radius 2 is 2.15 bits per heavy atom. The number of rotatable bonds is 9. The molecule has 2 heterocycles. The molecule has 11 nitrogen and oxygen atoms in total. The molecule has 2 bridgehead atoms. The number of amides is 3. The van der Waals surface area contributed by atoms with Gasteiger partial charge in [-0.25, -0.2) is 19.1 Å². The van der Waals surface area contributed by atoms with Gasteiger partial charge in [-0.15, -0.1) is 4.28 Å². The minimum Gasteiger partial charge on any atom is -0.317 e. The normalized spacial score (nSPS) is 25.6. The molecule has 2 aliphatic heterocycles. The van der Waals surface area contributed by atoms with Gasteiger partial charge in [0.25, 0.3) is 5.92 Å². The molecule has 3 N–H and O–H groups in total. The summed E-state index contributed by atoms with van der Waals surface area (Å²) in [5.41, 5.74) is 2.14. The zero-order chi connectivity index (χ0) is 20.4. The first-order valence-electron chi connectivity index (χ1n) is 8.21. The molecule has 27 heavy (non-hydrogen) atoms. The van der Waals surface area contributed by atoms with E-state index >= 15 is 0 Å². The molecule has 0 aromatic carbocycles. The second-order valence-corrected chi connectivity index (χ2v) is 7.34. The maximum Gasteiger partial charge on any atom is 0.418 e. The van der Waals surface area contributed by atoms with Crippen molar-refractivity contribution in [1.82, 2.24) is 20.8 Å². The van der Waals surface area contributed by atoms with Crippen molar-refractivity contribution in [2.24, 2.45) is 0 Å². The number of halogens is 2. The molecule has 3 amide bonds. The van der Waals surface area contributed by atoms with Crippen LogP contribution in [0.4, 0.5) is 13.6 Å². The Labute approximate surface area is 154 Å². The Morgan fingerprint density at radius 3 is 2.70 bits per heavy atom. The predicted molar refractivity (Wildman–Crippen MR) is 85.6 cm³/mol. The van der Waals surface area contributed by atoms with E-state index in [1.165, 1.54) is 0 Å². The summed E-state index contributed by atoms with van der Waals surface area (Å²) in [6, 6.07) is -4.25. The Hall–Kier alpha value is -1.61. The van der Waals surface area contributed by atoms with Crippen LogP contribution < -0.4 is 10.8 Å². The third-order valence-electron chi connectivity index (χ3n) is 4.49. The van der Waals surface area contributed by atoms with Crippen molar-refractivity contribution < 1.29 is 40.5 Å². The minimum atomic E-state index is -5.16. The molecule has 2 rings (SSSR count). The van der Waals surface area contributed by atoms with E-state index in [1.54, 1.807) is 7.05 Å². The van der Waals surface area contributed by atoms with Crippen molar-refractivity contribution in [3.63, 3.8) is 0 Å². The van der Waals surface area contributed by atoms with Crippen molar-refractivity contribution >= 4 is 22.3 Å². The van der Waals surface area contributed by atoms with Gasteiger partial charge in [-0.05, 0) is 13.5 Å². The molecule has 156 valence electrons. The molecular formula is C13H22F2N4O7S. The second kappa shape index (κ2) is 8.18. The number of alkyl halides is 2. The van der Waals surface area contributed by atoms with Crippen molar-refractivity contribution in [3.05, 3.63) is 0 Å². The van der Waals surface area contributed by atoms with Gasteiger partial charge in [-0.2, -0.15) is 13.5 Å². The fourth-order valence-corrected chi connectivity index (χ4v) is 3.39. The summed E-state index contributed by atoms with van der Waals surface area (Å²) in [5.74, 6) is -4.22. The molecule has 3 atom stereocenters. The smallest absolute Gasteiger partial charge is 0.317 e. The highest BCUT2D eigenvalue weighted by Crippen LogP contribution is 2.41. The van der Waals surface area contributed by atoms with E-state index in [2.05, 4.69) is 15.1 Å². The first kappa shape index (κ1) is 21.7. The van der Waals surface area contributed by atoms with Gasteiger partial charge in [-0.3, -0.25) is 14.2 Å². The third-order valence-corrected chi connectivity index (χ3v) is 4.84. The maximum atomic E-state index is 14.3. The van der Waals surface area contributed by atoms with E-state index in [0.29, 0.717) is 0 Å². The van der Waals surface area contributed by atoms with Gasteiger partial charge in [-0.1, -0.05) is 6.92 Å². The number of carbonyl (C=O) groups is 2. The van der Waals surface area contributed by atoms with Crippen molar-refractivity contribution in [3.8, 4) is 0 Å². The highest BCUT2D eigenvalue weighted by Gasteiger charge is 2.60. The van der Waals surface area contributed by atoms with Crippen LogP contribution in [0.5, 0.6) is 0 Å². The minimum absolute atomic E-state index is 0.00336. The molecular weight excluding hydrogens is 394 g/mol. The summed E-state index contributed by atoms with van der Waals surface area (Å²) >= 11 is 0. The average molecular weight is 416 g/mol. The molecule has 0 aromatic heterocycles. The molecule has 0 spiro atoms. The molecule has 14 heteroatoms. The number of likely N-dealkylation sites (N-methyl/N-ethyl adjacent to an activating group) is 1. The van der Waals surface area contributed by atoms with Gasteiger partial charge in [0.1, 0.15) is 6.04 Å². The van der Waals surface area contributed by atoms with E-state index in [9.17, 15) is 26.8 Å². The Morgan fingerprint density at radius 1 is 1.48 bits per heavy atom. The Kier molecular flexibility index (Phi) is 6.57. The third kappa shape index (κ3) is 5.22. The van der Waals surface area contributed by atoms with E-state index in [1.807, 2.05) is 6.92 Å². The van der Waals surface area contributed by atoms with Crippen LogP contribution >= 0.6 is 0 Å². The number of hydroxylamine groups is 3. The molecule has 3 unspecified atom stereocenters. The fraction of sp³-hybridized carbons (Fsp3) is 0.846. The monoisotopic (exact) mass is 416 g/mol. The van der Waals surface area contributed by atoms with Crippen molar-refractivity contribution in [2.45, 2.75) is 50.2 Å². The summed E-state index contributed by atoms with van der Waals surface area (Å²) in [6.45, 7) is 1.53. The van der Waals surface area contributed by atoms with Gasteiger partial charge in [0.05, 0.1) is 13.2 Å². The highest BCUT2D eigenvalue weighted by molar-refractivity contribution is 7.80. The lowest BCUT2D eigenvalue weighted by Gasteiger charge is -2.35. The Balaban J connectivity index is 1.99. The van der Waals surface area contributed by atoms with Crippen LogP contribution in [-0.2, 0) is 24.3 Å². The van der Waals surface area contributed by atoms with Gasteiger partial charge in [0.15, 0.2) is 0 Å². The summed E-state index contributed by atoms with van der Waals surface area (Å²) in [6.07, 6.45) is -0.588. The van der Waals surface area contributed by atoms with Crippen LogP contribution in [0.25, 0.3) is 0 Å². The van der Waals surface area contributed by atoms with Crippen molar-refractivity contribution in [1.29, 1.82) is 0 Å². The van der Waals surface area contributed by atoms with Crippen LogP contribution in [0.3, 0.4) is 0 Å². The first-order valence-corrected chi connectivity index (χ1v) is 9.57. The molecule has 2 saturated heterocycles. The zero-order valence-electron chi connectivity index (χ0n) is 14.7. The van der Waals surface area contributed by atoms with Crippen LogP contribution in [-0.4, -0.2) is 79.1 Å². The number of fused-ring (bicyclic) bond motifs is 2. The summed E-state index contributed by atoms with van der Waals surface area (Å²) in [7, 11) is -3.43. The van der Waals surface area contributed by atoms with Gasteiger partial charge < -0.3 is 10.2 Å². The summed E-state index contributed by atoms with van der Waals surface area (Å²) in [4.78, 5) is 30.1. The lowest BCUT2D eigenvalue weighted by molar-refractivity contribution is -0.150. The van der Waals surface area contributed by atoms with Gasteiger partial charge >= 0.3 is 16.4 Å². The van der Waals surface area contributed by atoms with E-state index in [4.69, 9.17) is 9.39 Å². The zero-order valence-corrected chi connectivity index (χ0v) is 15.5. The molecule has 2 aliphatic rings. The second-order valence-electron chi connectivity index (χ2n) is 6.33. The summed E-state index contributed by atoms with van der Waals surface area (Å²) < 4.78 is 62.9. The number of piperidine rings is 1. The van der Waals surface area contributed by atoms with E-state index in [-0.39, 0.29) is 17.7 Å². The first-order chi connectivity index (χ1) is 12.5. The fourth-order valence-electron chi connectivity index (χ4n) is 3.02. The molecule has 0 aliphatic carbocycles. The molecule has 2 fully saturated rings. The van der Waals surface area contributed by atoms with Crippen LogP contribution in [0.1, 0.15) is 26.2 Å². The van der Waals surface area contributed by atoms with Gasteiger partial charge in [0.2, 0.25) is 5.91 Å². The number of carbonyl (C=O) groups excluding carboxylic acids is 2. The Bertz CT molecular complexity index is 674. The maximum absolute atomic E-state index is 14.3. The molecule has 0 radical (unpaired) electrons. The molecule has 0 aromatic rings. The van der Waals surface area contributed by atoms with Crippen molar-refractivity contribution in [2.75, 3.05) is 20.2 Å². The van der Waals surface area contributed by atoms with Gasteiger partial charge in [0, 0.05) is 24.9 Å². The number of hydrogen-bond acceptors (Lipinski definition) is 7. The lowest BCUT2D eigenvalue weighted by Crippen LogP contribution is -2.53. The number of nitrogens with zero attached hydrogens (tertiary/aromatic N) is 2. The standard InChI is InChI=1S/C13H22F2N4O7S/c1-3-8(16-2)7-25-17-11(20)4-9-5-13(14,15)10-6-18(9)12(21)19(10)26-27(22,23)24/h8-10,16H,3-7H2,1-2H3,(H,17,20)(H,22,23,24). The predicted octanol–water partition coefficient (Wildman–Crippen LogP) is -0.329. The quantitative estimate of drug-likeness (QED) is 0.343. The number of nitrogens with one attached hydrogen (secondary N) is 2. The SMILES string of the molecule is CCC(CONC(=O)CC1CC(F)(F)C2CN1C(=O)N2OS(=O)(=O)O)NC. The largest absolute Gasteiger partial charge is 0.418 e. The summed E-state index contributed by atoms with van der Waals surface area (Å²) in [5, 5.41) is 2.88. The number of hydrogen-bond donors (Lipinski definition) is 3. The average Bonchev–Trinajstić information content (AvgIpc) is 2.83. The van der Waals surface area contributed by atoms with Crippen LogP contribution in [0, 0.1) is 0 Å². The van der Waals surface area contributed by atoms with Crippen LogP contribution in [0.2, 0.25) is 0 Å². The number of urea groups is 1. The molecule has 0 saturated carbocycles. The van der Waals surface area contributed by atoms with Crippen LogP contribution in [0.15, 0.2) is 0 Å².